The van der Waals surface area contributed by atoms with Crippen LogP contribution in [0.25, 0.3) is 0 Å². The second-order valence-corrected chi connectivity index (χ2v) is 3.10. The standard InChI is InChI=1S/C10H11N3O3/c11-10(12-5-6-14)7-8-1-3-9(4-2-8)13(15)16/h1-4,6H,5,7H2,(H2,11,12). The third kappa shape index (κ3) is 3.49. The molecule has 0 aliphatic heterocycles. The topological polar surface area (TPSA) is 98.6 Å². The molecular formula is C10H11N3O3. The number of nitrogens with zero attached hydrogens (tertiary/aromatic N) is 2. The molecule has 0 saturated heterocycles. The summed E-state index contributed by atoms with van der Waals surface area (Å²) < 4.78 is 0. The fourth-order valence-electron chi connectivity index (χ4n) is 1.16. The van der Waals surface area contributed by atoms with E-state index in [9.17, 15) is 14.9 Å². The number of amidine groups is 1. The lowest BCUT2D eigenvalue weighted by molar-refractivity contribution is -0.384. The number of carbonyl (C=O) groups excluding carboxylic acids is 1. The van der Waals surface area contributed by atoms with Crippen molar-refractivity contribution in [3.8, 4) is 0 Å². The monoisotopic (exact) mass is 221 g/mol. The molecule has 0 atom stereocenters. The number of carbonyl (C=O) groups is 1. The van der Waals surface area contributed by atoms with Crippen LogP contribution in [0.15, 0.2) is 29.3 Å². The van der Waals surface area contributed by atoms with Gasteiger partial charge in [-0.15, -0.1) is 0 Å². The summed E-state index contributed by atoms with van der Waals surface area (Å²) in [6.07, 6.45) is 1.04. The summed E-state index contributed by atoms with van der Waals surface area (Å²) in [5.74, 6) is 0.334. The summed E-state index contributed by atoms with van der Waals surface area (Å²) in [7, 11) is 0. The van der Waals surface area contributed by atoms with Crippen LogP contribution in [-0.4, -0.2) is 23.6 Å². The smallest absolute Gasteiger partial charge is 0.269 e. The molecule has 1 rings (SSSR count). The van der Waals surface area contributed by atoms with Gasteiger partial charge in [0.05, 0.1) is 17.3 Å². The number of hydrogen-bond acceptors (Lipinski definition) is 4. The molecular weight excluding hydrogens is 210 g/mol. The maximum Gasteiger partial charge on any atom is 0.269 e. The van der Waals surface area contributed by atoms with Crippen molar-refractivity contribution in [3.05, 3.63) is 39.9 Å². The zero-order chi connectivity index (χ0) is 12.0. The molecule has 2 N–H and O–H groups in total. The number of nitrogens with two attached hydrogens (primary N) is 1. The summed E-state index contributed by atoms with van der Waals surface area (Å²) in [4.78, 5) is 23.8. The van der Waals surface area contributed by atoms with Gasteiger partial charge >= 0.3 is 0 Å². The van der Waals surface area contributed by atoms with Gasteiger partial charge in [-0.25, -0.2) is 0 Å². The molecule has 16 heavy (non-hydrogen) atoms. The predicted octanol–water partition coefficient (Wildman–Crippen LogP) is 0.693. The van der Waals surface area contributed by atoms with Crippen molar-refractivity contribution in [2.45, 2.75) is 6.42 Å². The van der Waals surface area contributed by atoms with Gasteiger partial charge in [-0.2, -0.15) is 0 Å². The normalized spacial score (nSPS) is 11.1. The van der Waals surface area contributed by atoms with Gasteiger partial charge in [-0.1, -0.05) is 12.1 Å². The number of rotatable bonds is 5. The van der Waals surface area contributed by atoms with Crippen LogP contribution in [0.2, 0.25) is 0 Å². The van der Waals surface area contributed by atoms with Crippen molar-refractivity contribution in [1.82, 2.24) is 0 Å². The maximum atomic E-state index is 10.4. The lowest BCUT2D eigenvalue weighted by Crippen LogP contribution is -2.15. The Morgan fingerprint density at radius 2 is 2.06 bits per heavy atom. The Labute approximate surface area is 91.9 Å². The molecule has 0 saturated carbocycles. The number of nitro benzene ring substituents is 1. The molecule has 0 bridgehead atoms. The average molecular weight is 221 g/mol. The average Bonchev–Trinajstić information content (AvgIpc) is 2.27. The summed E-state index contributed by atoms with van der Waals surface area (Å²) in [6, 6.07) is 6.04. The van der Waals surface area contributed by atoms with Gasteiger partial charge < -0.3 is 10.5 Å². The Hall–Kier alpha value is -2.24. The Bertz CT molecular complexity index is 412. The highest BCUT2D eigenvalue weighted by Gasteiger charge is 2.04. The van der Waals surface area contributed by atoms with Crippen molar-refractivity contribution in [3.63, 3.8) is 0 Å². The molecule has 84 valence electrons. The van der Waals surface area contributed by atoms with Crippen molar-refractivity contribution in [2.24, 2.45) is 10.7 Å². The first-order valence-electron chi connectivity index (χ1n) is 4.59. The number of aldehydes is 1. The van der Waals surface area contributed by atoms with Crippen LogP contribution in [0.1, 0.15) is 5.56 Å². The second-order valence-electron chi connectivity index (χ2n) is 3.10. The van der Waals surface area contributed by atoms with Crippen LogP contribution in [0, 0.1) is 10.1 Å². The van der Waals surface area contributed by atoms with E-state index in [2.05, 4.69) is 4.99 Å². The van der Waals surface area contributed by atoms with Gasteiger partial charge in [-0.05, 0) is 5.56 Å². The van der Waals surface area contributed by atoms with Gasteiger partial charge in [0.15, 0.2) is 0 Å². The van der Waals surface area contributed by atoms with E-state index in [0.717, 1.165) is 5.56 Å². The van der Waals surface area contributed by atoms with Gasteiger partial charge in [0.1, 0.15) is 6.29 Å². The zero-order valence-corrected chi connectivity index (χ0v) is 8.50. The maximum absolute atomic E-state index is 10.4. The molecule has 1 aromatic carbocycles. The SMILES string of the molecule is NC(Cc1ccc([N+](=O)[O-])cc1)=NCC=O. The quantitative estimate of drug-likeness (QED) is 0.260. The minimum absolute atomic E-state index is 0.0344. The van der Waals surface area contributed by atoms with E-state index < -0.39 is 4.92 Å². The number of aliphatic imine (C=N–C) groups is 1. The van der Waals surface area contributed by atoms with E-state index in [1.807, 2.05) is 0 Å². The molecule has 0 amide bonds. The molecule has 0 unspecified atom stereocenters. The van der Waals surface area contributed by atoms with E-state index >= 15 is 0 Å². The third-order valence-corrected chi connectivity index (χ3v) is 1.90. The molecule has 0 fully saturated rings. The van der Waals surface area contributed by atoms with E-state index in [4.69, 9.17) is 5.73 Å². The van der Waals surface area contributed by atoms with E-state index in [0.29, 0.717) is 18.5 Å². The molecule has 6 nitrogen and oxygen atoms in total. The molecule has 0 aromatic heterocycles. The van der Waals surface area contributed by atoms with Crippen LogP contribution in [0.4, 0.5) is 5.69 Å². The van der Waals surface area contributed by atoms with Gasteiger partial charge in [0.25, 0.3) is 5.69 Å². The van der Waals surface area contributed by atoms with E-state index in [-0.39, 0.29) is 12.2 Å². The molecule has 0 aliphatic rings. The minimum atomic E-state index is -0.465. The van der Waals surface area contributed by atoms with Crippen LogP contribution < -0.4 is 5.73 Å². The Morgan fingerprint density at radius 3 is 2.56 bits per heavy atom. The molecule has 0 heterocycles. The van der Waals surface area contributed by atoms with Crippen molar-refractivity contribution >= 4 is 17.8 Å². The highest BCUT2D eigenvalue weighted by molar-refractivity contribution is 5.83. The first kappa shape index (κ1) is 11.8. The number of non-ortho nitro benzene ring substituents is 1. The van der Waals surface area contributed by atoms with Crippen LogP contribution in [-0.2, 0) is 11.2 Å². The highest BCUT2D eigenvalue weighted by Crippen LogP contribution is 2.12. The first-order valence-corrected chi connectivity index (χ1v) is 4.59. The number of benzene rings is 1. The molecule has 1 aromatic rings. The Balaban J connectivity index is 2.68. The Kier molecular flexibility index (Phi) is 4.14. The van der Waals surface area contributed by atoms with Crippen LogP contribution in [0.3, 0.4) is 0 Å². The van der Waals surface area contributed by atoms with Gasteiger partial charge in [0, 0.05) is 18.6 Å². The largest absolute Gasteiger partial charge is 0.387 e. The fraction of sp³-hybridized carbons (Fsp3) is 0.200. The summed E-state index contributed by atoms with van der Waals surface area (Å²) in [5, 5.41) is 10.4. The molecule has 0 radical (unpaired) electrons. The van der Waals surface area contributed by atoms with E-state index in [1.165, 1.54) is 12.1 Å². The zero-order valence-electron chi connectivity index (χ0n) is 8.50. The Morgan fingerprint density at radius 1 is 1.44 bits per heavy atom. The molecule has 0 aliphatic carbocycles. The van der Waals surface area contributed by atoms with E-state index in [1.54, 1.807) is 12.1 Å². The van der Waals surface area contributed by atoms with Crippen molar-refractivity contribution < 1.29 is 9.72 Å². The minimum Gasteiger partial charge on any atom is -0.387 e. The predicted molar refractivity (Wildman–Crippen MR) is 59.4 cm³/mol. The lowest BCUT2D eigenvalue weighted by Gasteiger charge is -2.00. The first-order chi connectivity index (χ1) is 7.63. The van der Waals surface area contributed by atoms with Crippen molar-refractivity contribution in [2.75, 3.05) is 6.54 Å². The highest BCUT2D eigenvalue weighted by atomic mass is 16.6. The molecule has 0 spiro atoms. The fourth-order valence-corrected chi connectivity index (χ4v) is 1.16. The summed E-state index contributed by atoms with van der Waals surface area (Å²) in [5.41, 5.74) is 6.40. The third-order valence-electron chi connectivity index (χ3n) is 1.90. The number of hydrogen-bond donors (Lipinski definition) is 1. The second kappa shape index (κ2) is 5.59. The van der Waals surface area contributed by atoms with Crippen LogP contribution >= 0.6 is 0 Å². The summed E-state index contributed by atoms with van der Waals surface area (Å²) in [6.45, 7) is 0.0405. The summed E-state index contributed by atoms with van der Waals surface area (Å²) >= 11 is 0. The van der Waals surface area contributed by atoms with Gasteiger partial charge in [0.2, 0.25) is 0 Å². The lowest BCUT2D eigenvalue weighted by atomic mass is 10.1. The molecule has 6 heteroatoms. The van der Waals surface area contributed by atoms with Crippen molar-refractivity contribution in [1.29, 1.82) is 0 Å². The number of nitro groups is 1. The van der Waals surface area contributed by atoms with Gasteiger partial charge in [-0.3, -0.25) is 15.1 Å². The van der Waals surface area contributed by atoms with Crippen LogP contribution in [0.5, 0.6) is 0 Å².